The van der Waals surface area contributed by atoms with E-state index in [0.717, 1.165) is 16.4 Å². The highest BCUT2D eigenvalue weighted by Crippen LogP contribution is 2.28. The van der Waals surface area contributed by atoms with Crippen molar-refractivity contribution >= 4 is 21.4 Å². The van der Waals surface area contributed by atoms with Gasteiger partial charge in [0.2, 0.25) is 0 Å². The molecule has 0 aromatic heterocycles. The highest BCUT2D eigenvalue weighted by Gasteiger charge is 2.25. The van der Waals surface area contributed by atoms with Crippen molar-refractivity contribution in [3.8, 4) is 0 Å². The molecule has 2 rings (SSSR count). The maximum Gasteiger partial charge on any atom is 0.272 e. The van der Waals surface area contributed by atoms with Crippen LogP contribution in [0.3, 0.4) is 0 Å². The van der Waals surface area contributed by atoms with Crippen LogP contribution in [0.1, 0.15) is 5.56 Å². The minimum absolute atomic E-state index is 0.0512. The summed E-state index contributed by atoms with van der Waals surface area (Å²) in [4.78, 5) is 9.91. The van der Waals surface area contributed by atoms with Gasteiger partial charge in [0.1, 0.15) is 0 Å². The minimum atomic E-state index is -3.95. The Morgan fingerprint density at radius 3 is 2.36 bits per heavy atom. The monoisotopic (exact) mass is 324 g/mol. The smallest absolute Gasteiger partial charge is 0.266 e. The zero-order valence-corrected chi connectivity index (χ0v) is 12.7. The van der Waals surface area contributed by atoms with Crippen LogP contribution >= 0.6 is 0 Å². The summed E-state index contributed by atoms with van der Waals surface area (Å²) in [6, 6.07) is 9.14. The molecule has 0 aliphatic rings. The molecule has 0 unspecified atom stereocenters. The van der Waals surface area contributed by atoms with Gasteiger partial charge < -0.3 is 0 Å². The van der Waals surface area contributed by atoms with Crippen molar-refractivity contribution < 1.29 is 17.7 Å². The van der Waals surface area contributed by atoms with Crippen LogP contribution in [0.25, 0.3) is 0 Å². The molecule has 0 radical (unpaired) electrons. The van der Waals surface area contributed by atoms with Crippen LogP contribution in [0.2, 0.25) is 0 Å². The molecular weight excluding hydrogens is 311 g/mol. The fraction of sp³-hybridized carbons (Fsp3) is 0.143. The first kappa shape index (κ1) is 15.9. The topological polar surface area (TPSA) is 80.5 Å². The molecule has 0 N–H and O–H groups in total. The number of sulfonamides is 1. The molecule has 0 aliphatic carbocycles. The van der Waals surface area contributed by atoms with Crippen LogP contribution in [0.5, 0.6) is 0 Å². The maximum atomic E-state index is 14.0. The number of nitro benzene ring substituents is 1. The van der Waals surface area contributed by atoms with Crippen molar-refractivity contribution in [1.82, 2.24) is 0 Å². The number of hydrogen-bond donors (Lipinski definition) is 0. The van der Waals surface area contributed by atoms with E-state index < -0.39 is 26.5 Å². The van der Waals surface area contributed by atoms with Gasteiger partial charge in [0.25, 0.3) is 15.7 Å². The Kier molecular flexibility index (Phi) is 4.14. The number of nitro groups is 1. The van der Waals surface area contributed by atoms with Crippen molar-refractivity contribution in [3.63, 3.8) is 0 Å². The summed E-state index contributed by atoms with van der Waals surface area (Å²) >= 11 is 0. The summed E-state index contributed by atoms with van der Waals surface area (Å²) in [5.74, 6) is -0.978. The summed E-state index contributed by atoms with van der Waals surface area (Å²) in [5.41, 5.74) is -0.173. The molecule has 0 spiro atoms. The van der Waals surface area contributed by atoms with Gasteiger partial charge in [0, 0.05) is 13.1 Å². The second-order valence-corrected chi connectivity index (χ2v) is 6.57. The summed E-state index contributed by atoms with van der Waals surface area (Å²) in [6.07, 6.45) is 0. The number of benzene rings is 2. The lowest BCUT2D eigenvalue weighted by atomic mass is 10.2. The van der Waals surface area contributed by atoms with E-state index in [1.165, 1.54) is 13.1 Å². The molecule has 8 heteroatoms. The molecule has 6 nitrogen and oxygen atoms in total. The molecule has 22 heavy (non-hydrogen) atoms. The second-order valence-electron chi connectivity index (χ2n) is 4.63. The van der Waals surface area contributed by atoms with E-state index in [-0.39, 0.29) is 10.6 Å². The predicted octanol–water partition coefficient (Wildman–Crippen LogP) is 2.87. The molecule has 0 atom stereocenters. The fourth-order valence-corrected chi connectivity index (χ4v) is 3.42. The highest BCUT2D eigenvalue weighted by atomic mass is 32.2. The average Bonchev–Trinajstić information content (AvgIpc) is 2.46. The molecular formula is C14H13FN2O4S. The van der Waals surface area contributed by atoms with E-state index in [9.17, 15) is 22.9 Å². The van der Waals surface area contributed by atoms with Gasteiger partial charge in [-0.3, -0.25) is 14.4 Å². The summed E-state index contributed by atoms with van der Waals surface area (Å²) in [5, 5.41) is 10.6. The van der Waals surface area contributed by atoms with Gasteiger partial charge in [0.05, 0.1) is 21.6 Å². The first-order valence-electron chi connectivity index (χ1n) is 6.23. The van der Waals surface area contributed by atoms with E-state index in [2.05, 4.69) is 0 Å². The number of non-ortho nitro benzene ring substituents is 1. The van der Waals surface area contributed by atoms with E-state index in [1.54, 1.807) is 25.1 Å². The average molecular weight is 324 g/mol. The first-order valence-corrected chi connectivity index (χ1v) is 7.67. The molecule has 0 saturated heterocycles. The van der Waals surface area contributed by atoms with Crippen LogP contribution in [-0.4, -0.2) is 20.4 Å². The Bertz CT molecular complexity index is 836. The van der Waals surface area contributed by atoms with E-state index in [0.29, 0.717) is 11.6 Å². The lowest BCUT2D eigenvalue weighted by Gasteiger charge is -2.21. The van der Waals surface area contributed by atoms with Gasteiger partial charge in [-0.25, -0.2) is 12.8 Å². The zero-order chi connectivity index (χ0) is 16.5. The molecule has 0 bridgehead atoms. The lowest BCUT2D eigenvalue weighted by molar-refractivity contribution is -0.385. The maximum absolute atomic E-state index is 14.0. The van der Waals surface area contributed by atoms with Crippen LogP contribution < -0.4 is 4.31 Å². The van der Waals surface area contributed by atoms with Crippen molar-refractivity contribution in [2.75, 3.05) is 11.4 Å². The molecule has 0 fully saturated rings. The van der Waals surface area contributed by atoms with Crippen LogP contribution in [0.4, 0.5) is 15.8 Å². The van der Waals surface area contributed by atoms with E-state index in [1.807, 2.05) is 0 Å². The quantitative estimate of drug-likeness (QED) is 0.640. The first-order chi connectivity index (χ1) is 10.2. The Hall–Kier alpha value is -2.48. The Labute approximate surface area is 127 Å². The third kappa shape index (κ3) is 2.77. The third-order valence-corrected chi connectivity index (χ3v) is 5.15. The Morgan fingerprint density at radius 1 is 1.18 bits per heavy atom. The molecule has 0 aliphatic heterocycles. The number of aryl methyl sites for hydroxylation is 1. The van der Waals surface area contributed by atoms with E-state index >= 15 is 0 Å². The van der Waals surface area contributed by atoms with Crippen molar-refractivity contribution in [3.05, 3.63) is 64.0 Å². The van der Waals surface area contributed by atoms with Crippen LogP contribution in [-0.2, 0) is 10.0 Å². The van der Waals surface area contributed by atoms with Gasteiger partial charge in [-0.2, -0.15) is 0 Å². The standard InChI is InChI=1S/C14H13FN2O4S/c1-10-5-3-4-6-14(10)22(20,21)16(2)13-8-7-11(17(18)19)9-12(13)15/h3-9H,1-2H3. The number of rotatable bonds is 4. The number of halogens is 1. The molecule has 2 aromatic rings. The Morgan fingerprint density at radius 2 is 1.82 bits per heavy atom. The summed E-state index contributed by atoms with van der Waals surface area (Å²) in [6.45, 7) is 1.63. The summed E-state index contributed by atoms with van der Waals surface area (Å²) in [7, 11) is -2.75. The number of nitrogens with zero attached hydrogens (tertiary/aromatic N) is 2. The highest BCUT2D eigenvalue weighted by molar-refractivity contribution is 7.92. The third-order valence-electron chi connectivity index (χ3n) is 3.21. The second kappa shape index (κ2) is 5.72. The van der Waals surface area contributed by atoms with E-state index in [4.69, 9.17) is 0 Å². The molecule has 0 heterocycles. The van der Waals surface area contributed by atoms with Crippen molar-refractivity contribution in [1.29, 1.82) is 0 Å². The van der Waals surface area contributed by atoms with Gasteiger partial charge in [0.15, 0.2) is 5.82 Å². The summed E-state index contributed by atoms with van der Waals surface area (Å²) < 4.78 is 39.9. The number of hydrogen-bond acceptors (Lipinski definition) is 4. The predicted molar refractivity (Wildman–Crippen MR) is 79.8 cm³/mol. The minimum Gasteiger partial charge on any atom is -0.266 e. The Balaban J connectivity index is 2.50. The largest absolute Gasteiger partial charge is 0.272 e. The molecule has 0 amide bonds. The van der Waals surface area contributed by atoms with Crippen LogP contribution in [0, 0.1) is 22.9 Å². The van der Waals surface area contributed by atoms with Gasteiger partial charge in [-0.15, -0.1) is 0 Å². The van der Waals surface area contributed by atoms with Crippen LogP contribution in [0.15, 0.2) is 47.4 Å². The van der Waals surface area contributed by atoms with Gasteiger partial charge in [-0.1, -0.05) is 18.2 Å². The SMILES string of the molecule is Cc1ccccc1S(=O)(=O)N(C)c1ccc([N+](=O)[O-])cc1F. The van der Waals surface area contributed by atoms with Gasteiger partial charge >= 0.3 is 0 Å². The van der Waals surface area contributed by atoms with Crippen molar-refractivity contribution in [2.24, 2.45) is 0 Å². The lowest BCUT2D eigenvalue weighted by Crippen LogP contribution is -2.28. The number of anilines is 1. The molecule has 2 aromatic carbocycles. The van der Waals surface area contributed by atoms with Gasteiger partial charge in [-0.05, 0) is 24.6 Å². The fourth-order valence-electron chi connectivity index (χ4n) is 1.99. The molecule has 116 valence electrons. The molecule has 0 saturated carbocycles. The normalized spacial score (nSPS) is 11.2. The van der Waals surface area contributed by atoms with Crippen molar-refractivity contribution in [2.45, 2.75) is 11.8 Å². The zero-order valence-electron chi connectivity index (χ0n) is 11.9.